The summed E-state index contributed by atoms with van der Waals surface area (Å²) >= 11 is 0. The molecular weight excluding hydrogens is 182 g/mol. The van der Waals surface area contributed by atoms with E-state index >= 15 is 0 Å². The molecule has 1 aliphatic heterocycles. The molecule has 1 aromatic rings. The van der Waals surface area contributed by atoms with Gasteiger partial charge in [0.2, 0.25) is 0 Å². The minimum Gasteiger partial charge on any atom is -0.469 e. The number of imidazole rings is 1. The molecule has 1 saturated heterocycles. The van der Waals surface area contributed by atoms with Gasteiger partial charge < -0.3 is 14.6 Å². The molecule has 5 heteroatoms. The molecule has 0 atom stereocenters. The number of nitrogens with one attached hydrogen (secondary N) is 1. The highest BCUT2D eigenvalue weighted by molar-refractivity contribution is 5.70. The molecule has 0 spiro atoms. The molecule has 0 amide bonds. The Bertz CT molecular complexity index is 317. The fourth-order valence-electron chi connectivity index (χ4n) is 1.69. The molecule has 1 N–H and O–H groups in total. The van der Waals surface area contributed by atoms with E-state index in [0.717, 1.165) is 13.1 Å². The van der Waals surface area contributed by atoms with Crippen LogP contribution >= 0.6 is 0 Å². The smallest absolute Gasteiger partial charge is 0.308 e. The SMILES string of the molecule is COC(=O)CC1(n2ccnc2)CNC1. The summed E-state index contributed by atoms with van der Waals surface area (Å²) in [5, 5.41) is 3.16. The normalized spacial score (nSPS) is 18.6. The van der Waals surface area contributed by atoms with Crippen molar-refractivity contribution >= 4 is 5.97 Å². The summed E-state index contributed by atoms with van der Waals surface area (Å²) in [6.07, 6.45) is 5.73. The molecule has 14 heavy (non-hydrogen) atoms. The molecular formula is C9H13N3O2. The van der Waals surface area contributed by atoms with Crippen LogP contribution in [-0.4, -0.2) is 35.7 Å². The molecule has 0 unspecified atom stereocenters. The Morgan fingerprint density at radius 2 is 2.50 bits per heavy atom. The van der Waals surface area contributed by atoms with Crippen LogP contribution in [0.5, 0.6) is 0 Å². The summed E-state index contributed by atoms with van der Waals surface area (Å²) < 4.78 is 6.65. The predicted octanol–water partition coefficient (Wildman–Crippen LogP) is -0.255. The van der Waals surface area contributed by atoms with Crippen LogP contribution in [0.1, 0.15) is 6.42 Å². The Morgan fingerprint density at radius 1 is 1.71 bits per heavy atom. The van der Waals surface area contributed by atoms with Gasteiger partial charge in [-0.05, 0) is 0 Å². The Labute approximate surface area is 82.1 Å². The van der Waals surface area contributed by atoms with Crippen LogP contribution in [0.25, 0.3) is 0 Å². The minimum atomic E-state index is -0.180. The predicted molar refractivity (Wildman–Crippen MR) is 49.7 cm³/mol. The van der Waals surface area contributed by atoms with Gasteiger partial charge in [-0.1, -0.05) is 0 Å². The maximum absolute atomic E-state index is 11.2. The van der Waals surface area contributed by atoms with Gasteiger partial charge >= 0.3 is 5.97 Å². The molecule has 0 aliphatic carbocycles. The number of ether oxygens (including phenoxy) is 1. The molecule has 0 bridgehead atoms. The van der Waals surface area contributed by atoms with E-state index < -0.39 is 0 Å². The lowest BCUT2D eigenvalue weighted by molar-refractivity contribution is -0.143. The zero-order valence-electron chi connectivity index (χ0n) is 8.06. The van der Waals surface area contributed by atoms with Crippen molar-refractivity contribution in [2.45, 2.75) is 12.0 Å². The number of carbonyl (C=O) groups is 1. The Morgan fingerprint density at radius 3 is 2.93 bits per heavy atom. The van der Waals surface area contributed by atoms with Crippen LogP contribution < -0.4 is 5.32 Å². The van der Waals surface area contributed by atoms with Crippen molar-refractivity contribution in [2.24, 2.45) is 0 Å². The van der Waals surface area contributed by atoms with E-state index in [1.54, 1.807) is 12.5 Å². The summed E-state index contributed by atoms with van der Waals surface area (Å²) in [5.74, 6) is -0.180. The number of esters is 1. The molecule has 2 rings (SSSR count). The van der Waals surface area contributed by atoms with Gasteiger partial charge in [0.25, 0.3) is 0 Å². The van der Waals surface area contributed by atoms with E-state index in [1.807, 2.05) is 10.8 Å². The third kappa shape index (κ3) is 1.39. The number of methoxy groups -OCH3 is 1. The number of hydrogen-bond donors (Lipinski definition) is 1. The van der Waals surface area contributed by atoms with Gasteiger partial charge in [-0.25, -0.2) is 4.98 Å². The average Bonchev–Trinajstić information content (AvgIpc) is 2.63. The lowest BCUT2D eigenvalue weighted by atomic mass is 9.88. The first-order chi connectivity index (χ1) is 6.77. The van der Waals surface area contributed by atoms with E-state index in [0.29, 0.717) is 6.42 Å². The fourth-order valence-corrected chi connectivity index (χ4v) is 1.69. The standard InChI is InChI=1S/C9H13N3O2/c1-14-8(13)4-9(5-11-6-9)12-3-2-10-7-12/h2-3,7,11H,4-6H2,1H3. The zero-order chi connectivity index (χ0) is 10.0. The maximum atomic E-state index is 11.2. The van der Waals surface area contributed by atoms with Crippen molar-refractivity contribution in [3.8, 4) is 0 Å². The van der Waals surface area contributed by atoms with E-state index in [9.17, 15) is 4.79 Å². The van der Waals surface area contributed by atoms with Crippen LogP contribution in [-0.2, 0) is 15.1 Å². The van der Waals surface area contributed by atoms with Crippen LogP contribution in [0, 0.1) is 0 Å². The molecule has 5 nitrogen and oxygen atoms in total. The second-order valence-electron chi connectivity index (χ2n) is 3.55. The topological polar surface area (TPSA) is 56.2 Å². The van der Waals surface area contributed by atoms with Crippen molar-refractivity contribution in [3.63, 3.8) is 0 Å². The van der Waals surface area contributed by atoms with Crippen molar-refractivity contribution in [2.75, 3.05) is 20.2 Å². The largest absolute Gasteiger partial charge is 0.469 e. The van der Waals surface area contributed by atoms with Gasteiger partial charge in [-0.3, -0.25) is 4.79 Å². The van der Waals surface area contributed by atoms with Crippen molar-refractivity contribution < 1.29 is 9.53 Å². The van der Waals surface area contributed by atoms with Crippen molar-refractivity contribution in [1.29, 1.82) is 0 Å². The van der Waals surface area contributed by atoms with Gasteiger partial charge in [0.05, 0.1) is 25.4 Å². The van der Waals surface area contributed by atoms with Gasteiger partial charge in [-0.15, -0.1) is 0 Å². The first-order valence-electron chi connectivity index (χ1n) is 4.53. The highest BCUT2D eigenvalue weighted by Gasteiger charge is 2.40. The number of hydrogen-bond acceptors (Lipinski definition) is 4. The minimum absolute atomic E-state index is 0.163. The van der Waals surface area contributed by atoms with E-state index in [4.69, 9.17) is 0 Å². The first kappa shape index (κ1) is 9.21. The van der Waals surface area contributed by atoms with E-state index in [2.05, 4.69) is 15.0 Å². The Kier molecular flexibility index (Phi) is 2.25. The van der Waals surface area contributed by atoms with E-state index in [-0.39, 0.29) is 11.5 Å². The Balaban J connectivity index is 2.14. The summed E-state index contributed by atoms with van der Waals surface area (Å²) in [6.45, 7) is 1.58. The lowest BCUT2D eigenvalue weighted by Crippen LogP contribution is -2.61. The molecule has 1 fully saturated rings. The fraction of sp³-hybridized carbons (Fsp3) is 0.556. The van der Waals surface area contributed by atoms with Gasteiger partial charge in [0.1, 0.15) is 0 Å². The monoisotopic (exact) mass is 195 g/mol. The molecule has 76 valence electrons. The molecule has 1 aromatic heterocycles. The Hall–Kier alpha value is -1.36. The first-order valence-corrected chi connectivity index (χ1v) is 4.53. The van der Waals surface area contributed by atoms with Crippen molar-refractivity contribution in [3.05, 3.63) is 18.7 Å². The number of carbonyl (C=O) groups excluding carboxylic acids is 1. The van der Waals surface area contributed by atoms with Gasteiger partial charge in [0.15, 0.2) is 0 Å². The second kappa shape index (κ2) is 3.42. The third-order valence-corrected chi connectivity index (χ3v) is 2.66. The molecule has 0 radical (unpaired) electrons. The van der Waals surface area contributed by atoms with E-state index in [1.165, 1.54) is 7.11 Å². The quantitative estimate of drug-likeness (QED) is 0.675. The summed E-state index contributed by atoms with van der Waals surface area (Å²) in [7, 11) is 1.41. The summed E-state index contributed by atoms with van der Waals surface area (Å²) in [4.78, 5) is 15.2. The second-order valence-corrected chi connectivity index (χ2v) is 3.55. The molecule has 0 saturated carbocycles. The van der Waals surface area contributed by atoms with Crippen LogP contribution in [0.15, 0.2) is 18.7 Å². The maximum Gasteiger partial charge on any atom is 0.308 e. The highest BCUT2D eigenvalue weighted by atomic mass is 16.5. The number of rotatable bonds is 3. The highest BCUT2D eigenvalue weighted by Crippen LogP contribution is 2.25. The van der Waals surface area contributed by atoms with Gasteiger partial charge in [0, 0.05) is 25.5 Å². The van der Waals surface area contributed by atoms with Gasteiger partial charge in [-0.2, -0.15) is 0 Å². The molecule has 2 heterocycles. The molecule has 0 aromatic carbocycles. The van der Waals surface area contributed by atoms with Crippen LogP contribution in [0.4, 0.5) is 0 Å². The lowest BCUT2D eigenvalue weighted by Gasteiger charge is -2.42. The van der Waals surface area contributed by atoms with Crippen LogP contribution in [0.2, 0.25) is 0 Å². The third-order valence-electron chi connectivity index (χ3n) is 2.66. The average molecular weight is 195 g/mol. The zero-order valence-corrected chi connectivity index (χ0v) is 8.06. The summed E-state index contributed by atoms with van der Waals surface area (Å²) in [5.41, 5.74) is -0.163. The van der Waals surface area contributed by atoms with Crippen molar-refractivity contribution in [1.82, 2.24) is 14.9 Å². The number of nitrogens with zero attached hydrogens (tertiary/aromatic N) is 2. The number of aromatic nitrogens is 2. The van der Waals surface area contributed by atoms with Crippen LogP contribution in [0.3, 0.4) is 0 Å². The summed E-state index contributed by atoms with van der Waals surface area (Å²) in [6, 6.07) is 0. The molecule has 1 aliphatic rings.